The van der Waals surface area contributed by atoms with E-state index in [2.05, 4.69) is 19.8 Å². The molecule has 0 atom stereocenters. The van der Waals surface area contributed by atoms with Crippen LogP contribution in [0.25, 0.3) is 11.1 Å². The van der Waals surface area contributed by atoms with Gasteiger partial charge in [-0.2, -0.15) is 0 Å². The van der Waals surface area contributed by atoms with E-state index >= 15 is 0 Å². The highest BCUT2D eigenvalue weighted by Crippen LogP contribution is 2.41. The Morgan fingerprint density at radius 1 is 1.28 bits per heavy atom. The average Bonchev–Trinajstić information content (AvgIpc) is 2.52. The maximum atomic E-state index is 14.5. The van der Waals surface area contributed by atoms with Crippen molar-refractivity contribution in [2.45, 2.75) is 6.92 Å². The summed E-state index contributed by atoms with van der Waals surface area (Å²) in [4.78, 5) is 25.8. The van der Waals surface area contributed by atoms with Crippen molar-refractivity contribution in [2.24, 2.45) is 0 Å². The third-order valence-electron chi connectivity index (χ3n) is 3.02. The molecule has 1 aromatic heterocycles. The molecule has 0 saturated heterocycles. The topological polar surface area (TPSA) is 97.8 Å². The molecule has 2 aromatic rings. The first-order valence-electron chi connectivity index (χ1n) is 6.65. The third-order valence-corrected chi connectivity index (χ3v) is 3.37. The van der Waals surface area contributed by atoms with E-state index in [9.17, 15) is 18.4 Å². The lowest BCUT2D eigenvalue weighted by atomic mass is 10.0. The molecule has 132 valence electrons. The smallest absolute Gasteiger partial charge is 0.491 e. The molecule has 7 nitrogen and oxygen atoms in total. The second-order valence-corrected chi connectivity index (χ2v) is 5.04. The average molecular weight is 373 g/mol. The van der Waals surface area contributed by atoms with Crippen molar-refractivity contribution in [3.05, 3.63) is 35.0 Å². The lowest BCUT2D eigenvalue weighted by molar-refractivity contribution is -0.114. The van der Waals surface area contributed by atoms with Crippen molar-refractivity contribution < 1.29 is 33.0 Å². The number of pyridine rings is 1. The first-order chi connectivity index (χ1) is 11.8. The van der Waals surface area contributed by atoms with Crippen molar-refractivity contribution in [1.29, 1.82) is 0 Å². The number of rotatable bonds is 4. The maximum Gasteiger partial charge on any atom is 0.512 e. The number of aromatic nitrogens is 1. The number of anilines is 1. The van der Waals surface area contributed by atoms with Crippen LogP contribution in [-0.4, -0.2) is 29.3 Å². The highest BCUT2D eigenvalue weighted by atomic mass is 35.5. The molecule has 0 saturated carbocycles. The lowest BCUT2D eigenvalue weighted by Crippen LogP contribution is -2.11. The summed E-state index contributed by atoms with van der Waals surface area (Å²) >= 11 is 6.02. The van der Waals surface area contributed by atoms with Crippen molar-refractivity contribution in [1.82, 2.24) is 4.98 Å². The monoisotopic (exact) mass is 372 g/mol. The number of ether oxygens (including phenoxy) is 2. The predicted octanol–water partition coefficient (Wildman–Crippen LogP) is 3.70. The van der Waals surface area contributed by atoms with Gasteiger partial charge in [0.2, 0.25) is 11.8 Å². The Bertz CT molecular complexity index is 860. The molecule has 1 heterocycles. The largest absolute Gasteiger partial charge is 0.512 e. The fourth-order valence-electron chi connectivity index (χ4n) is 2.05. The van der Waals surface area contributed by atoms with Gasteiger partial charge in [-0.3, -0.25) is 4.79 Å². The van der Waals surface area contributed by atoms with Crippen molar-refractivity contribution in [2.75, 3.05) is 12.4 Å². The van der Waals surface area contributed by atoms with Crippen LogP contribution >= 0.6 is 11.6 Å². The van der Waals surface area contributed by atoms with Crippen LogP contribution in [0.4, 0.5) is 19.3 Å². The van der Waals surface area contributed by atoms with Crippen LogP contribution in [0.2, 0.25) is 5.02 Å². The van der Waals surface area contributed by atoms with Gasteiger partial charge in [0.25, 0.3) is 0 Å². The Hall–Kier alpha value is -2.94. The molecule has 0 radical (unpaired) electrons. The Morgan fingerprint density at radius 3 is 2.52 bits per heavy atom. The molecule has 1 amide bonds. The Balaban J connectivity index is 2.71. The van der Waals surface area contributed by atoms with E-state index in [1.807, 2.05) is 0 Å². The molecule has 0 aliphatic heterocycles. The minimum absolute atomic E-state index is 0.0197. The van der Waals surface area contributed by atoms with Crippen LogP contribution in [-0.2, 0) is 4.79 Å². The van der Waals surface area contributed by atoms with Crippen molar-refractivity contribution in [3.63, 3.8) is 0 Å². The molecule has 1 aromatic carbocycles. The third kappa shape index (κ3) is 3.77. The Labute approximate surface area is 145 Å². The zero-order valence-electron chi connectivity index (χ0n) is 12.9. The van der Waals surface area contributed by atoms with E-state index in [-0.39, 0.29) is 21.8 Å². The minimum atomic E-state index is -1.68. The molecule has 0 aliphatic carbocycles. The van der Waals surface area contributed by atoms with Gasteiger partial charge in [0.05, 0.1) is 12.8 Å². The minimum Gasteiger partial charge on any atom is -0.491 e. The molecular formula is C15H11ClF2N2O5. The molecule has 0 unspecified atom stereocenters. The van der Waals surface area contributed by atoms with Gasteiger partial charge in [-0.1, -0.05) is 11.6 Å². The van der Waals surface area contributed by atoms with Crippen LogP contribution in [0.3, 0.4) is 0 Å². The first-order valence-corrected chi connectivity index (χ1v) is 7.03. The number of nitrogens with one attached hydrogen (secondary N) is 1. The molecule has 2 rings (SSSR count). The van der Waals surface area contributed by atoms with Crippen LogP contribution < -0.4 is 14.8 Å². The first kappa shape index (κ1) is 18.4. The van der Waals surface area contributed by atoms with Gasteiger partial charge < -0.3 is 19.9 Å². The lowest BCUT2D eigenvalue weighted by Gasteiger charge is -2.15. The van der Waals surface area contributed by atoms with E-state index < -0.39 is 35.3 Å². The fourth-order valence-corrected chi connectivity index (χ4v) is 2.29. The van der Waals surface area contributed by atoms with Gasteiger partial charge in [0.1, 0.15) is 5.02 Å². The summed E-state index contributed by atoms with van der Waals surface area (Å²) in [6, 6.07) is 2.06. The van der Waals surface area contributed by atoms with Gasteiger partial charge >= 0.3 is 6.16 Å². The molecule has 0 aliphatic rings. The quantitative estimate of drug-likeness (QED) is 0.794. The molecule has 2 N–H and O–H groups in total. The van der Waals surface area contributed by atoms with E-state index in [4.69, 9.17) is 16.7 Å². The van der Waals surface area contributed by atoms with Crippen LogP contribution in [0, 0.1) is 11.6 Å². The Kier molecular flexibility index (Phi) is 5.38. The number of halogens is 3. The fraction of sp³-hybridized carbons (Fsp3) is 0.133. The summed E-state index contributed by atoms with van der Waals surface area (Å²) in [6.45, 7) is 1.17. The van der Waals surface area contributed by atoms with Crippen molar-refractivity contribution >= 4 is 29.4 Å². The number of amides is 1. The molecule has 0 spiro atoms. The normalized spacial score (nSPS) is 10.3. The van der Waals surface area contributed by atoms with E-state index in [0.29, 0.717) is 0 Å². The van der Waals surface area contributed by atoms with Gasteiger partial charge in [-0.15, -0.1) is 0 Å². The summed E-state index contributed by atoms with van der Waals surface area (Å²) in [5.41, 5.74) is -0.333. The van der Waals surface area contributed by atoms with Gasteiger partial charge in [-0.25, -0.2) is 18.6 Å². The SMILES string of the molecule is COc1c(F)ccc(-c2cnc(OC(=O)O)c(Cl)c2NC(C)=O)c1F. The van der Waals surface area contributed by atoms with Gasteiger partial charge in [-0.05, 0) is 12.1 Å². The zero-order valence-corrected chi connectivity index (χ0v) is 13.6. The van der Waals surface area contributed by atoms with E-state index in [1.54, 1.807) is 0 Å². The van der Waals surface area contributed by atoms with E-state index in [0.717, 1.165) is 25.4 Å². The number of benzene rings is 1. The molecule has 0 bridgehead atoms. The number of carbonyl (C=O) groups excluding carboxylic acids is 1. The Morgan fingerprint density at radius 2 is 1.96 bits per heavy atom. The number of carboxylic acid groups (broad SMARTS) is 1. The summed E-state index contributed by atoms with van der Waals surface area (Å²) in [7, 11) is 1.09. The molecule has 0 fully saturated rings. The number of methoxy groups -OCH3 is 1. The summed E-state index contributed by atoms with van der Waals surface area (Å²) in [6.07, 6.45) is -0.642. The second kappa shape index (κ2) is 7.31. The molecule has 10 heteroatoms. The predicted molar refractivity (Wildman–Crippen MR) is 84.1 cm³/mol. The van der Waals surface area contributed by atoms with Gasteiger partial charge in [0, 0.05) is 24.2 Å². The number of nitrogens with zero attached hydrogens (tertiary/aromatic N) is 1. The molecule has 25 heavy (non-hydrogen) atoms. The standard InChI is InChI=1S/C15H11ClF2N2O5/c1-6(21)20-12-8(5-19-14(10(12)16)25-15(22)23)7-3-4-9(17)13(24-2)11(7)18/h3-5H,1-2H3,(H,22,23)(H,19,20,21). The van der Waals surface area contributed by atoms with E-state index in [1.165, 1.54) is 6.92 Å². The van der Waals surface area contributed by atoms with Gasteiger partial charge in [0.15, 0.2) is 17.4 Å². The summed E-state index contributed by atoms with van der Waals surface area (Å²) < 4.78 is 37.2. The maximum absolute atomic E-state index is 14.5. The number of hydrogen-bond donors (Lipinski definition) is 2. The second-order valence-electron chi connectivity index (χ2n) is 4.66. The highest BCUT2D eigenvalue weighted by molar-refractivity contribution is 6.35. The van der Waals surface area contributed by atoms with Crippen LogP contribution in [0.5, 0.6) is 11.6 Å². The highest BCUT2D eigenvalue weighted by Gasteiger charge is 2.23. The number of hydrogen-bond acceptors (Lipinski definition) is 5. The van der Waals surface area contributed by atoms with Crippen LogP contribution in [0.1, 0.15) is 6.92 Å². The summed E-state index contributed by atoms with van der Waals surface area (Å²) in [5, 5.41) is 10.7. The van der Waals surface area contributed by atoms with Crippen LogP contribution in [0.15, 0.2) is 18.3 Å². The number of carbonyl (C=O) groups is 2. The molecular weight excluding hydrogens is 362 g/mol. The zero-order chi connectivity index (χ0) is 18.7. The van der Waals surface area contributed by atoms with Crippen molar-refractivity contribution in [3.8, 4) is 22.8 Å². The summed E-state index contributed by atoms with van der Waals surface area (Å²) in [5.74, 6) is -3.66.